The van der Waals surface area contributed by atoms with Crippen molar-refractivity contribution in [1.82, 2.24) is 9.71 Å². The smallest absolute Gasteiger partial charge is 0.231 e. The zero-order valence-corrected chi connectivity index (χ0v) is 15.2. The van der Waals surface area contributed by atoms with Gasteiger partial charge in [-0.15, -0.1) is 0 Å². The van der Waals surface area contributed by atoms with Crippen molar-refractivity contribution >= 4 is 23.5 Å². The van der Waals surface area contributed by atoms with Crippen LogP contribution >= 0.6 is 11.9 Å². The number of hydrogen-bond donors (Lipinski definition) is 1. The lowest BCUT2D eigenvalue weighted by Crippen LogP contribution is -2.26. The number of benzene rings is 1. The molecule has 6 heteroatoms. The number of nitrogens with zero attached hydrogens (tertiary/aromatic N) is 2. The van der Waals surface area contributed by atoms with Crippen molar-refractivity contribution in [2.75, 3.05) is 24.3 Å². The Morgan fingerprint density at radius 1 is 1.40 bits per heavy atom. The van der Waals surface area contributed by atoms with E-state index < -0.39 is 0 Å². The van der Waals surface area contributed by atoms with Gasteiger partial charge in [-0.05, 0) is 34.4 Å². The van der Waals surface area contributed by atoms with Crippen molar-refractivity contribution < 1.29 is 9.53 Å². The minimum absolute atomic E-state index is 0.143. The highest BCUT2D eigenvalue weighted by molar-refractivity contribution is 7.97. The molecule has 4 rings (SSSR count). The minimum Gasteiger partial charge on any atom is -0.375 e. The van der Waals surface area contributed by atoms with Crippen LogP contribution in [0.25, 0.3) is 11.1 Å². The summed E-state index contributed by atoms with van der Waals surface area (Å²) in [6.07, 6.45) is 4.32. The van der Waals surface area contributed by atoms with E-state index in [1.165, 1.54) is 11.1 Å². The summed E-state index contributed by atoms with van der Waals surface area (Å²) in [5.74, 6) is 1.15. The van der Waals surface area contributed by atoms with E-state index in [0.29, 0.717) is 19.6 Å². The van der Waals surface area contributed by atoms with Crippen LogP contribution in [0.5, 0.6) is 0 Å². The zero-order chi connectivity index (χ0) is 17.4. The topological polar surface area (TPSA) is 54.5 Å². The molecule has 2 aliphatic rings. The molecular weight excluding hydrogens is 334 g/mol. The second kappa shape index (κ2) is 6.78. The number of pyridine rings is 1. The van der Waals surface area contributed by atoms with Crippen LogP contribution in [0.2, 0.25) is 0 Å². The Balaban J connectivity index is 1.73. The van der Waals surface area contributed by atoms with Crippen molar-refractivity contribution in [3.8, 4) is 11.1 Å². The minimum atomic E-state index is 0.143. The number of carbonyl (C=O) groups is 1. The molecule has 0 spiro atoms. The molecule has 3 heterocycles. The molecule has 0 radical (unpaired) electrons. The zero-order valence-electron chi connectivity index (χ0n) is 14.4. The van der Waals surface area contributed by atoms with Crippen LogP contribution in [0.3, 0.4) is 0 Å². The van der Waals surface area contributed by atoms with Crippen LogP contribution in [-0.4, -0.2) is 30.3 Å². The quantitative estimate of drug-likeness (QED) is 0.854. The molecule has 5 nitrogen and oxygen atoms in total. The Bertz CT molecular complexity index is 824. The van der Waals surface area contributed by atoms with Gasteiger partial charge >= 0.3 is 0 Å². The number of likely N-dealkylation sites (N-methyl/N-ethyl adjacent to an activating group) is 1. The van der Waals surface area contributed by atoms with Gasteiger partial charge in [0.1, 0.15) is 0 Å². The summed E-state index contributed by atoms with van der Waals surface area (Å²) in [6, 6.07) is 6.37. The molecule has 1 aromatic carbocycles. The molecule has 0 aliphatic carbocycles. The maximum Gasteiger partial charge on any atom is 0.231 e. The second-order valence-corrected chi connectivity index (χ2v) is 7.45. The first-order chi connectivity index (χ1) is 12.2. The van der Waals surface area contributed by atoms with Crippen molar-refractivity contribution in [3.05, 3.63) is 47.3 Å². The fraction of sp³-hybridized carbons (Fsp3) is 0.368. The maximum absolute atomic E-state index is 11.9. The molecule has 1 aromatic heterocycles. The Kier molecular flexibility index (Phi) is 4.50. The van der Waals surface area contributed by atoms with Gasteiger partial charge in [0.15, 0.2) is 0 Å². The highest BCUT2D eigenvalue weighted by Gasteiger charge is 2.26. The average molecular weight is 355 g/mol. The molecule has 1 N–H and O–H groups in total. The summed E-state index contributed by atoms with van der Waals surface area (Å²) in [6.45, 7) is 3.38. The molecule has 0 bridgehead atoms. The largest absolute Gasteiger partial charge is 0.375 e. The Hall–Kier alpha value is -1.89. The number of nitrogens with one attached hydrogen (secondary N) is 1. The molecule has 2 aromatic rings. The molecule has 0 fully saturated rings. The number of rotatable bonds is 4. The van der Waals surface area contributed by atoms with Gasteiger partial charge in [-0.25, -0.2) is 0 Å². The number of ether oxygens (including phenoxy) is 1. The lowest BCUT2D eigenvalue weighted by molar-refractivity contribution is -0.117. The third-order valence-electron chi connectivity index (χ3n) is 4.83. The van der Waals surface area contributed by atoms with E-state index in [0.717, 1.165) is 28.1 Å². The van der Waals surface area contributed by atoms with E-state index in [1.807, 2.05) is 25.5 Å². The van der Waals surface area contributed by atoms with E-state index in [9.17, 15) is 4.79 Å². The van der Waals surface area contributed by atoms with Crippen LogP contribution in [0.15, 0.2) is 30.6 Å². The van der Waals surface area contributed by atoms with Crippen molar-refractivity contribution in [1.29, 1.82) is 0 Å². The van der Waals surface area contributed by atoms with Crippen LogP contribution in [0.1, 0.15) is 29.7 Å². The molecule has 0 saturated heterocycles. The number of hydrogen-bond acceptors (Lipinski definition) is 5. The predicted octanol–water partition coefficient (Wildman–Crippen LogP) is 3.10. The highest BCUT2D eigenvalue weighted by Crippen LogP contribution is 2.36. The maximum atomic E-state index is 11.9. The summed E-state index contributed by atoms with van der Waals surface area (Å²) >= 11 is 1.70. The first-order valence-corrected chi connectivity index (χ1v) is 9.49. The number of carbonyl (C=O) groups excluding carboxylic acids is 1. The van der Waals surface area contributed by atoms with E-state index in [4.69, 9.17) is 4.74 Å². The van der Waals surface area contributed by atoms with Gasteiger partial charge in [-0.3, -0.25) is 14.5 Å². The molecule has 1 atom stereocenters. The average Bonchev–Trinajstić information content (AvgIpc) is 2.93. The highest BCUT2D eigenvalue weighted by atomic mass is 32.2. The Morgan fingerprint density at radius 2 is 2.28 bits per heavy atom. The lowest BCUT2D eigenvalue weighted by Gasteiger charge is -2.27. The molecule has 0 saturated carbocycles. The van der Waals surface area contributed by atoms with Crippen LogP contribution in [0, 0.1) is 0 Å². The summed E-state index contributed by atoms with van der Waals surface area (Å²) in [4.78, 5) is 18.1. The van der Waals surface area contributed by atoms with E-state index >= 15 is 0 Å². The molecular formula is C19H21N3O2S. The molecule has 1 amide bonds. The number of anilines is 1. The number of amides is 1. The summed E-state index contributed by atoms with van der Waals surface area (Å²) in [5.41, 5.74) is 6.66. The van der Waals surface area contributed by atoms with Gasteiger partial charge in [-0.2, -0.15) is 0 Å². The van der Waals surface area contributed by atoms with Gasteiger partial charge in [-0.1, -0.05) is 24.9 Å². The number of fused-ring (bicyclic) bond motifs is 2. The fourth-order valence-electron chi connectivity index (χ4n) is 3.50. The van der Waals surface area contributed by atoms with E-state index in [-0.39, 0.29) is 11.9 Å². The number of aromatic nitrogens is 1. The molecule has 130 valence electrons. The van der Waals surface area contributed by atoms with Gasteiger partial charge in [0.05, 0.1) is 25.7 Å². The van der Waals surface area contributed by atoms with Gasteiger partial charge in [0, 0.05) is 36.4 Å². The van der Waals surface area contributed by atoms with Gasteiger partial charge in [0.25, 0.3) is 0 Å². The molecule has 1 unspecified atom stereocenters. The van der Waals surface area contributed by atoms with Gasteiger partial charge < -0.3 is 9.64 Å². The monoisotopic (exact) mass is 355 g/mol. The van der Waals surface area contributed by atoms with Crippen molar-refractivity contribution in [2.24, 2.45) is 0 Å². The fourth-order valence-corrected chi connectivity index (χ4v) is 4.06. The summed E-state index contributed by atoms with van der Waals surface area (Å²) in [5, 5.41) is 0. The first-order valence-electron chi connectivity index (χ1n) is 8.50. The predicted molar refractivity (Wildman–Crippen MR) is 100 cm³/mol. The Labute approximate surface area is 151 Å². The SMILES string of the molecule is CCSNC1COCc2c(-c3ccc4c(c3)CC(=O)N4C)cncc21. The summed E-state index contributed by atoms with van der Waals surface area (Å²) in [7, 11) is 1.83. The van der Waals surface area contributed by atoms with Crippen LogP contribution in [0.4, 0.5) is 5.69 Å². The van der Waals surface area contributed by atoms with E-state index in [2.05, 4.69) is 28.8 Å². The standard InChI is InChI=1S/C19H21N3O2S/c1-3-25-21-17-11-24-10-16-14(8-20-9-15(16)17)12-4-5-18-13(6-12)7-19(23)22(18)2/h4-6,8-9,17,21H,3,7,10-11H2,1-2H3. The normalized spacial score (nSPS) is 19.0. The van der Waals surface area contributed by atoms with E-state index in [1.54, 1.807) is 16.8 Å². The summed E-state index contributed by atoms with van der Waals surface area (Å²) < 4.78 is 9.29. The van der Waals surface area contributed by atoms with Crippen LogP contribution in [-0.2, 0) is 22.6 Å². The van der Waals surface area contributed by atoms with Gasteiger partial charge in [0.2, 0.25) is 5.91 Å². The Morgan fingerprint density at radius 3 is 3.12 bits per heavy atom. The molecule has 2 aliphatic heterocycles. The lowest BCUT2D eigenvalue weighted by atomic mass is 9.93. The van der Waals surface area contributed by atoms with Crippen molar-refractivity contribution in [2.45, 2.75) is 26.0 Å². The second-order valence-electron chi connectivity index (χ2n) is 6.35. The van der Waals surface area contributed by atoms with Crippen LogP contribution < -0.4 is 9.62 Å². The first kappa shape index (κ1) is 16.6. The third-order valence-corrected chi connectivity index (χ3v) is 5.57. The molecule has 25 heavy (non-hydrogen) atoms. The van der Waals surface area contributed by atoms with Crippen molar-refractivity contribution in [3.63, 3.8) is 0 Å². The third kappa shape index (κ3) is 2.94.